The summed E-state index contributed by atoms with van der Waals surface area (Å²) in [6.07, 6.45) is 5.97. The van der Waals surface area contributed by atoms with Crippen molar-refractivity contribution in [1.29, 1.82) is 0 Å². The van der Waals surface area contributed by atoms with Crippen LogP contribution in [0.2, 0.25) is 0 Å². The first kappa shape index (κ1) is 23.0. The molecule has 7 heteroatoms. The van der Waals surface area contributed by atoms with Crippen molar-refractivity contribution in [3.63, 3.8) is 0 Å². The van der Waals surface area contributed by atoms with Crippen molar-refractivity contribution in [1.82, 2.24) is 15.5 Å². The molecule has 0 amide bonds. The van der Waals surface area contributed by atoms with Crippen LogP contribution in [0.15, 0.2) is 29.3 Å². The minimum atomic E-state index is -0.156. The number of ether oxygens (including phenoxy) is 2. The van der Waals surface area contributed by atoms with Crippen molar-refractivity contribution < 1.29 is 14.3 Å². The third-order valence-corrected chi connectivity index (χ3v) is 5.35. The molecule has 1 aliphatic rings. The molecule has 1 atom stereocenters. The number of hydrogen-bond donors (Lipinski definition) is 2. The first-order chi connectivity index (χ1) is 14.2. The number of guanidine groups is 1. The van der Waals surface area contributed by atoms with E-state index in [0.717, 1.165) is 50.7 Å². The second-order valence-electron chi connectivity index (χ2n) is 7.30. The average molecular weight is 405 g/mol. The first-order valence-corrected chi connectivity index (χ1v) is 10.6. The molecule has 1 saturated heterocycles. The van der Waals surface area contributed by atoms with Gasteiger partial charge in [0.15, 0.2) is 5.96 Å². The number of rotatable bonds is 10. The van der Waals surface area contributed by atoms with Gasteiger partial charge < -0.3 is 20.1 Å². The maximum atomic E-state index is 11.2. The van der Waals surface area contributed by atoms with Crippen LogP contribution < -0.4 is 15.4 Å². The average Bonchev–Trinajstić information content (AvgIpc) is 2.78. The van der Waals surface area contributed by atoms with Crippen LogP contribution in [0.3, 0.4) is 0 Å². The Bertz CT molecular complexity index is 627. The Hall–Kier alpha value is -2.28. The smallest absolute Gasteiger partial charge is 0.305 e. The molecule has 2 rings (SSSR count). The molecule has 1 fully saturated rings. The fraction of sp³-hybridized carbons (Fsp3) is 0.636. The number of carbonyl (C=O) groups excluding carboxylic acids is 1. The van der Waals surface area contributed by atoms with E-state index in [4.69, 9.17) is 4.74 Å². The van der Waals surface area contributed by atoms with E-state index in [9.17, 15) is 4.79 Å². The molecule has 0 bridgehead atoms. The minimum Gasteiger partial charge on any atom is -0.497 e. The van der Waals surface area contributed by atoms with E-state index in [1.165, 1.54) is 31.9 Å². The Morgan fingerprint density at radius 3 is 2.45 bits per heavy atom. The Kier molecular flexibility index (Phi) is 10.3. The maximum Gasteiger partial charge on any atom is 0.305 e. The van der Waals surface area contributed by atoms with E-state index in [0.29, 0.717) is 12.5 Å². The summed E-state index contributed by atoms with van der Waals surface area (Å²) in [6.45, 7) is 3.80. The molecule has 1 aromatic rings. The number of piperidine rings is 1. The highest BCUT2D eigenvalue weighted by molar-refractivity contribution is 5.79. The molecular formula is C22H36N4O3. The van der Waals surface area contributed by atoms with E-state index in [2.05, 4.69) is 37.4 Å². The molecule has 0 spiro atoms. The summed E-state index contributed by atoms with van der Waals surface area (Å²) >= 11 is 0. The van der Waals surface area contributed by atoms with Gasteiger partial charge in [-0.25, -0.2) is 0 Å². The van der Waals surface area contributed by atoms with E-state index in [1.54, 1.807) is 14.2 Å². The van der Waals surface area contributed by atoms with Crippen LogP contribution in [-0.2, 0) is 9.53 Å². The number of unbranched alkanes of at least 4 members (excludes halogenated alkanes) is 1. The quantitative estimate of drug-likeness (QED) is 0.270. The van der Waals surface area contributed by atoms with Crippen LogP contribution in [0.1, 0.15) is 50.1 Å². The van der Waals surface area contributed by atoms with Crippen LogP contribution >= 0.6 is 0 Å². The summed E-state index contributed by atoms with van der Waals surface area (Å²) < 4.78 is 9.98. The number of carbonyl (C=O) groups is 1. The zero-order chi connectivity index (χ0) is 20.9. The molecule has 0 radical (unpaired) electrons. The number of hydrogen-bond acceptors (Lipinski definition) is 5. The molecular weight excluding hydrogens is 368 g/mol. The van der Waals surface area contributed by atoms with Gasteiger partial charge in [0.25, 0.3) is 0 Å². The van der Waals surface area contributed by atoms with Crippen molar-refractivity contribution in [3.05, 3.63) is 29.8 Å². The maximum absolute atomic E-state index is 11.2. The van der Waals surface area contributed by atoms with E-state index in [1.807, 2.05) is 12.1 Å². The van der Waals surface area contributed by atoms with Crippen LogP contribution in [0, 0.1) is 0 Å². The monoisotopic (exact) mass is 404 g/mol. The van der Waals surface area contributed by atoms with E-state index < -0.39 is 0 Å². The van der Waals surface area contributed by atoms with E-state index in [-0.39, 0.29) is 5.97 Å². The van der Waals surface area contributed by atoms with Crippen LogP contribution in [-0.4, -0.2) is 64.3 Å². The molecule has 29 heavy (non-hydrogen) atoms. The highest BCUT2D eigenvalue weighted by Crippen LogP contribution is 2.25. The van der Waals surface area contributed by atoms with Gasteiger partial charge in [0.1, 0.15) is 5.75 Å². The predicted molar refractivity (Wildman–Crippen MR) is 116 cm³/mol. The SMILES string of the molecule is CN=C(NCCCCC(=O)OC)NCC(c1ccc(OC)cc1)N1CCCCC1. The number of nitrogens with one attached hydrogen (secondary N) is 2. The van der Waals surface area contributed by atoms with Crippen molar-refractivity contribution in [3.8, 4) is 5.75 Å². The summed E-state index contributed by atoms with van der Waals surface area (Å²) in [5.41, 5.74) is 1.29. The summed E-state index contributed by atoms with van der Waals surface area (Å²) in [7, 11) is 4.90. The summed E-state index contributed by atoms with van der Waals surface area (Å²) in [5.74, 6) is 1.51. The molecule has 1 unspecified atom stereocenters. The molecule has 0 aliphatic carbocycles. The Morgan fingerprint density at radius 1 is 1.10 bits per heavy atom. The third kappa shape index (κ3) is 7.93. The highest BCUT2D eigenvalue weighted by Gasteiger charge is 2.22. The molecule has 7 nitrogen and oxygen atoms in total. The highest BCUT2D eigenvalue weighted by atomic mass is 16.5. The number of methoxy groups -OCH3 is 2. The Labute approximate surface area is 174 Å². The normalized spacial score (nSPS) is 16.2. The van der Waals surface area contributed by atoms with Gasteiger partial charge in [-0.3, -0.25) is 14.7 Å². The van der Waals surface area contributed by atoms with Crippen molar-refractivity contribution in [2.75, 3.05) is 47.4 Å². The summed E-state index contributed by atoms with van der Waals surface area (Å²) in [4.78, 5) is 18.1. The van der Waals surface area contributed by atoms with Crippen molar-refractivity contribution >= 4 is 11.9 Å². The largest absolute Gasteiger partial charge is 0.497 e. The van der Waals surface area contributed by atoms with Gasteiger partial charge in [-0.15, -0.1) is 0 Å². The van der Waals surface area contributed by atoms with Gasteiger partial charge in [0.05, 0.1) is 20.3 Å². The summed E-state index contributed by atoms with van der Waals surface area (Å²) in [5, 5.41) is 6.82. The summed E-state index contributed by atoms with van der Waals surface area (Å²) in [6, 6.07) is 8.66. The van der Waals surface area contributed by atoms with Gasteiger partial charge in [-0.2, -0.15) is 0 Å². The second-order valence-corrected chi connectivity index (χ2v) is 7.30. The first-order valence-electron chi connectivity index (χ1n) is 10.6. The Balaban J connectivity index is 1.88. The van der Waals surface area contributed by atoms with Gasteiger partial charge >= 0.3 is 5.97 Å². The fourth-order valence-electron chi connectivity index (χ4n) is 3.63. The van der Waals surface area contributed by atoms with Gasteiger partial charge in [0, 0.05) is 26.6 Å². The minimum absolute atomic E-state index is 0.156. The van der Waals surface area contributed by atoms with Gasteiger partial charge in [0.2, 0.25) is 0 Å². The van der Waals surface area contributed by atoms with Crippen LogP contribution in [0.25, 0.3) is 0 Å². The standard InChI is InChI=1S/C22H36N4O3/c1-23-22(24-14-6-5-9-21(27)29-3)25-17-20(26-15-7-4-8-16-26)18-10-12-19(28-2)13-11-18/h10-13,20H,4-9,14-17H2,1-3H3,(H2,23,24,25). The lowest BCUT2D eigenvalue weighted by atomic mass is 10.0. The van der Waals surface area contributed by atoms with Crippen LogP contribution in [0.5, 0.6) is 5.75 Å². The topological polar surface area (TPSA) is 75.2 Å². The zero-order valence-electron chi connectivity index (χ0n) is 18.1. The van der Waals surface area contributed by atoms with Crippen molar-refractivity contribution in [2.24, 2.45) is 4.99 Å². The van der Waals surface area contributed by atoms with Crippen molar-refractivity contribution in [2.45, 2.75) is 44.6 Å². The molecule has 1 heterocycles. The Morgan fingerprint density at radius 2 is 1.83 bits per heavy atom. The molecule has 1 aromatic carbocycles. The predicted octanol–water partition coefficient (Wildman–Crippen LogP) is 2.73. The lowest BCUT2D eigenvalue weighted by Gasteiger charge is -2.35. The third-order valence-electron chi connectivity index (χ3n) is 5.35. The molecule has 0 aromatic heterocycles. The number of aliphatic imine (C=N–C) groups is 1. The lowest BCUT2D eigenvalue weighted by Crippen LogP contribution is -2.44. The molecule has 2 N–H and O–H groups in total. The van der Waals surface area contributed by atoms with Gasteiger partial charge in [-0.1, -0.05) is 18.6 Å². The van der Waals surface area contributed by atoms with Gasteiger partial charge in [-0.05, 0) is 56.5 Å². The number of esters is 1. The number of benzene rings is 1. The number of nitrogens with zero attached hydrogens (tertiary/aromatic N) is 2. The molecule has 1 aliphatic heterocycles. The zero-order valence-corrected chi connectivity index (χ0v) is 18.1. The fourth-order valence-corrected chi connectivity index (χ4v) is 3.63. The number of likely N-dealkylation sites (tertiary alicyclic amines) is 1. The molecule has 0 saturated carbocycles. The van der Waals surface area contributed by atoms with Crippen LogP contribution in [0.4, 0.5) is 0 Å². The molecule has 162 valence electrons. The lowest BCUT2D eigenvalue weighted by molar-refractivity contribution is -0.140. The second kappa shape index (κ2) is 13.0. The van der Waals surface area contributed by atoms with E-state index >= 15 is 0 Å².